The van der Waals surface area contributed by atoms with Gasteiger partial charge >= 0.3 is 0 Å². The van der Waals surface area contributed by atoms with Gasteiger partial charge in [0.2, 0.25) is 6.79 Å². The van der Waals surface area contributed by atoms with Gasteiger partial charge in [-0.05, 0) is 24.3 Å². The van der Waals surface area contributed by atoms with Crippen molar-refractivity contribution in [2.45, 2.75) is 6.10 Å². The molecule has 7 heteroatoms. The van der Waals surface area contributed by atoms with Crippen LogP contribution in [0.2, 0.25) is 0 Å². The summed E-state index contributed by atoms with van der Waals surface area (Å²) in [6.45, 7) is 0.445. The predicted octanol–water partition coefficient (Wildman–Crippen LogP) is 2.68. The molecule has 1 atom stereocenters. The molecule has 1 heterocycles. The van der Waals surface area contributed by atoms with E-state index in [1.807, 2.05) is 6.07 Å². The van der Waals surface area contributed by atoms with Crippen LogP contribution in [0.5, 0.6) is 11.5 Å². The topological polar surface area (TPSA) is 79.8 Å². The molecule has 0 aliphatic carbocycles. The fraction of sp³-hybridized carbons (Fsp3) is 0.235. The molecule has 0 fully saturated rings. The van der Waals surface area contributed by atoms with Gasteiger partial charge in [-0.2, -0.15) is 0 Å². The van der Waals surface area contributed by atoms with Crippen LogP contribution in [0.25, 0.3) is 0 Å². The molecule has 0 radical (unpaired) electrons. The number of benzene rings is 2. The first kappa shape index (κ1) is 16.4. The highest BCUT2D eigenvalue weighted by Crippen LogP contribution is 2.34. The maximum absolute atomic E-state index is 12.5. The number of aliphatic hydroxyl groups excluding tert-OH is 1. The van der Waals surface area contributed by atoms with E-state index in [-0.39, 0.29) is 25.1 Å². The SMILES string of the molecule is O=C(Nc1ccc2c(c1)OCO2)c1ccccc1NCC(O)CCl. The number of fused-ring (bicyclic) bond motifs is 1. The van der Waals surface area contributed by atoms with Crippen molar-refractivity contribution in [1.29, 1.82) is 0 Å². The second-order valence-corrected chi connectivity index (χ2v) is 5.57. The summed E-state index contributed by atoms with van der Waals surface area (Å²) >= 11 is 5.58. The molecule has 1 aliphatic heterocycles. The molecule has 2 aromatic carbocycles. The lowest BCUT2D eigenvalue weighted by Crippen LogP contribution is -2.22. The average molecular weight is 349 g/mol. The van der Waals surface area contributed by atoms with E-state index in [0.29, 0.717) is 28.4 Å². The van der Waals surface area contributed by atoms with Crippen LogP contribution in [0.4, 0.5) is 11.4 Å². The van der Waals surface area contributed by atoms with E-state index in [2.05, 4.69) is 10.6 Å². The molecule has 6 nitrogen and oxygen atoms in total. The summed E-state index contributed by atoms with van der Waals surface area (Å²) in [5.41, 5.74) is 1.71. The molecular weight excluding hydrogens is 332 g/mol. The zero-order chi connectivity index (χ0) is 16.9. The Morgan fingerprint density at radius 1 is 1.21 bits per heavy atom. The Balaban J connectivity index is 1.73. The number of halogens is 1. The summed E-state index contributed by atoms with van der Waals surface area (Å²) in [5.74, 6) is 1.12. The van der Waals surface area contributed by atoms with Crippen molar-refractivity contribution < 1.29 is 19.4 Å². The molecule has 0 saturated heterocycles. The molecule has 0 aromatic heterocycles. The Hall–Kier alpha value is -2.44. The van der Waals surface area contributed by atoms with Crippen molar-refractivity contribution in [3.05, 3.63) is 48.0 Å². The van der Waals surface area contributed by atoms with E-state index in [0.717, 1.165) is 0 Å². The highest BCUT2D eigenvalue weighted by Gasteiger charge is 2.16. The van der Waals surface area contributed by atoms with Crippen LogP contribution in [-0.2, 0) is 0 Å². The molecule has 24 heavy (non-hydrogen) atoms. The number of alkyl halides is 1. The van der Waals surface area contributed by atoms with Crippen molar-refractivity contribution in [1.82, 2.24) is 0 Å². The molecule has 1 amide bonds. The third-order valence-electron chi connectivity index (χ3n) is 3.51. The van der Waals surface area contributed by atoms with Gasteiger partial charge in [0, 0.05) is 24.0 Å². The molecule has 0 spiro atoms. The number of ether oxygens (including phenoxy) is 2. The van der Waals surface area contributed by atoms with Crippen LogP contribution in [-0.4, -0.2) is 36.3 Å². The van der Waals surface area contributed by atoms with Gasteiger partial charge in [0.05, 0.1) is 17.5 Å². The Labute approximate surface area is 144 Å². The van der Waals surface area contributed by atoms with Crippen molar-refractivity contribution in [3.8, 4) is 11.5 Å². The lowest BCUT2D eigenvalue weighted by Gasteiger charge is -2.14. The number of aliphatic hydroxyl groups is 1. The second-order valence-electron chi connectivity index (χ2n) is 5.26. The third kappa shape index (κ3) is 3.72. The Morgan fingerprint density at radius 3 is 2.83 bits per heavy atom. The number of hydrogen-bond donors (Lipinski definition) is 3. The van der Waals surface area contributed by atoms with E-state index in [1.165, 1.54) is 0 Å². The Kier molecular flexibility index (Phi) is 5.08. The van der Waals surface area contributed by atoms with E-state index < -0.39 is 6.10 Å². The van der Waals surface area contributed by atoms with Crippen LogP contribution in [0.3, 0.4) is 0 Å². The molecule has 1 unspecified atom stereocenters. The van der Waals surface area contributed by atoms with Crippen LogP contribution in [0, 0.1) is 0 Å². The minimum absolute atomic E-state index is 0.124. The normalized spacial score (nSPS) is 13.4. The molecule has 3 N–H and O–H groups in total. The average Bonchev–Trinajstić information content (AvgIpc) is 3.07. The monoisotopic (exact) mass is 348 g/mol. The number of amides is 1. The van der Waals surface area contributed by atoms with Crippen molar-refractivity contribution in [2.75, 3.05) is 29.9 Å². The summed E-state index contributed by atoms with van der Waals surface area (Å²) in [4.78, 5) is 12.5. The molecule has 1 aliphatic rings. The summed E-state index contributed by atoms with van der Waals surface area (Å²) in [5, 5.41) is 15.4. The van der Waals surface area contributed by atoms with Gasteiger partial charge in [-0.3, -0.25) is 4.79 Å². The van der Waals surface area contributed by atoms with Gasteiger partial charge < -0.3 is 25.2 Å². The number of nitrogens with one attached hydrogen (secondary N) is 2. The van der Waals surface area contributed by atoms with Gasteiger partial charge in [-0.25, -0.2) is 0 Å². The second kappa shape index (κ2) is 7.42. The lowest BCUT2D eigenvalue weighted by atomic mass is 10.1. The largest absolute Gasteiger partial charge is 0.454 e. The van der Waals surface area contributed by atoms with Crippen LogP contribution in [0.1, 0.15) is 10.4 Å². The van der Waals surface area contributed by atoms with E-state index in [9.17, 15) is 9.90 Å². The van der Waals surface area contributed by atoms with E-state index in [4.69, 9.17) is 21.1 Å². The predicted molar refractivity (Wildman–Crippen MR) is 92.2 cm³/mol. The quantitative estimate of drug-likeness (QED) is 0.699. The zero-order valence-corrected chi connectivity index (χ0v) is 13.5. The van der Waals surface area contributed by atoms with Gasteiger partial charge in [0.1, 0.15) is 0 Å². The molecule has 2 aromatic rings. The number of para-hydroxylation sites is 1. The first-order chi connectivity index (χ1) is 11.7. The van der Waals surface area contributed by atoms with Gasteiger partial charge in [-0.1, -0.05) is 12.1 Å². The molecule has 126 valence electrons. The number of anilines is 2. The standard InChI is InChI=1S/C17H17ClN2O4/c18-8-12(21)9-19-14-4-2-1-3-13(14)17(22)20-11-5-6-15-16(7-11)24-10-23-15/h1-7,12,19,21H,8-10H2,(H,20,22). The van der Waals surface area contributed by atoms with Crippen molar-refractivity contribution >= 4 is 28.9 Å². The molecule has 3 rings (SSSR count). The maximum atomic E-state index is 12.5. The Morgan fingerprint density at radius 2 is 2.00 bits per heavy atom. The number of rotatable bonds is 6. The van der Waals surface area contributed by atoms with Crippen LogP contribution < -0.4 is 20.1 Å². The van der Waals surface area contributed by atoms with Crippen LogP contribution >= 0.6 is 11.6 Å². The van der Waals surface area contributed by atoms with Crippen LogP contribution in [0.15, 0.2) is 42.5 Å². The smallest absolute Gasteiger partial charge is 0.257 e. The van der Waals surface area contributed by atoms with Gasteiger partial charge in [0.25, 0.3) is 5.91 Å². The molecular formula is C17H17ClN2O4. The highest BCUT2D eigenvalue weighted by molar-refractivity contribution is 6.18. The lowest BCUT2D eigenvalue weighted by molar-refractivity contribution is 0.102. The fourth-order valence-electron chi connectivity index (χ4n) is 2.29. The van der Waals surface area contributed by atoms with Crippen molar-refractivity contribution in [3.63, 3.8) is 0 Å². The molecule has 0 saturated carbocycles. The fourth-order valence-corrected chi connectivity index (χ4v) is 2.40. The number of carbonyl (C=O) groups is 1. The third-order valence-corrected chi connectivity index (χ3v) is 3.86. The van der Waals surface area contributed by atoms with E-state index in [1.54, 1.807) is 36.4 Å². The zero-order valence-electron chi connectivity index (χ0n) is 12.8. The maximum Gasteiger partial charge on any atom is 0.257 e. The Bertz CT molecular complexity index is 738. The molecule has 0 bridgehead atoms. The minimum atomic E-state index is -0.684. The summed E-state index contributed by atoms with van der Waals surface area (Å²) in [6.07, 6.45) is -0.684. The van der Waals surface area contributed by atoms with Gasteiger partial charge in [-0.15, -0.1) is 11.6 Å². The van der Waals surface area contributed by atoms with E-state index >= 15 is 0 Å². The van der Waals surface area contributed by atoms with Crippen molar-refractivity contribution in [2.24, 2.45) is 0 Å². The minimum Gasteiger partial charge on any atom is -0.454 e. The van der Waals surface area contributed by atoms with Gasteiger partial charge in [0.15, 0.2) is 11.5 Å². The first-order valence-corrected chi connectivity index (χ1v) is 7.99. The summed E-state index contributed by atoms with van der Waals surface area (Å²) in [7, 11) is 0. The summed E-state index contributed by atoms with van der Waals surface area (Å²) in [6, 6.07) is 12.3. The number of carbonyl (C=O) groups excluding carboxylic acids is 1. The summed E-state index contributed by atoms with van der Waals surface area (Å²) < 4.78 is 10.5. The first-order valence-electron chi connectivity index (χ1n) is 7.45. The highest BCUT2D eigenvalue weighted by atomic mass is 35.5. The number of hydrogen-bond acceptors (Lipinski definition) is 5.